The number of hydrogen-bond acceptors (Lipinski definition) is 4. The third-order valence-electron chi connectivity index (χ3n) is 4.26. The van der Waals surface area contributed by atoms with Crippen LogP contribution in [0.4, 0.5) is 0 Å². The molecule has 0 saturated carbocycles. The number of aromatic nitrogens is 2. The van der Waals surface area contributed by atoms with E-state index in [1.165, 1.54) is 0 Å². The fourth-order valence-electron chi connectivity index (χ4n) is 2.85. The van der Waals surface area contributed by atoms with Crippen LogP contribution < -0.4 is 10.9 Å². The fourth-order valence-corrected chi connectivity index (χ4v) is 2.85. The predicted molar refractivity (Wildman–Crippen MR) is 87.3 cm³/mol. The number of carbonyl (C=O) groups is 1. The molecule has 1 amide bonds. The molecule has 1 aromatic carbocycles. The van der Waals surface area contributed by atoms with E-state index in [-0.39, 0.29) is 11.5 Å². The molecule has 6 heteroatoms. The Bertz CT molecular complexity index is 763. The SMILES string of the molecule is C[C@]1(C(=O)NCCc2nc3ccccc3c(=O)[nH]2)CCCCO1. The van der Waals surface area contributed by atoms with Gasteiger partial charge in [-0.05, 0) is 38.3 Å². The van der Waals surface area contributed by atoms with E-state index in [0.29, 0.717) is 36.3 Å². The Labute approximate surface area is 134 Å². The van der Waals surface area contributed by atoms with Gasteiger partial charge in [-0.1, -0.05) is 12.1 Å². The molecule has 1 aliphatic rings. The van der Waals surface area contributed by atoms with Gasteiger partial charge in [-0.15, -0.1) is 0 Å². The Kier molecular flexibility index (Phi) is 4.43. The second kappa shape index (κ2) is 6.50. The lowest BCUT2D eigenvalue weighted by atomic mass is 9.95. The fraction of sp³-hybridized carbons (Fsp3) is 0.471. The number of para-hydroxylation sites is 1. The van der Waals surface area contributed by atoms with Crippen LogP contribution in [0.25, 0.3) is 10.9 Å². The van der Waals surface area contributed by atoms with Crippen molar-refractivity contribution in [2.75, 3.05) is 13.2 Å². The molecule has 2 aromatic rings. The van der Waals surface area contributed by atoms with E-state index < -0.39 is 5.60 Å². The molecule has 1 atom stereocenters. The van der Waals surface area contributed by atoms with E-state index in [9.17, 15) is 9.59 Å². The number of fused-ring (bicyclic) bond motifs is 1. The number of benzene rings is 1. The van der Waals surface area contributed by atoms with Gasteiger partial charge in [-0.2, -0.15) is 0 Å². The molecule has 0 bridgehead atoms. The topological polar surface area (TPSA) is 84.1 Å². The van der Waals surface area contributed by atoms with Crippen molar-refractivity contribution in [3.63, 3.8) is 0 Å². The summed E-state index contributed by atoms with van der Waals surface area (Å²) in [4.78, 5) is 31.4. The molecule has 0 radical (unpaired) electrons. The van der Waals surface area contributed by atoms with E-state index in [1.807, 2.05) is 25.1 Å². The second-order valence-electron chi connectivity index (χ2n) is 6.07. The summed E-state index contributed by atoms with van der Waals surface area (Å²) >= 11 is 0. The number of hydrogen-bond donors (Lipinski definition) is 2. The van der Waals surface area contributed by atoms with Gasteiger partial charge in [0.2, 0.25) is 0 Å². The lowest BCUT2D eigenvalue weighted by Gasteiger charge is -2.32. The Morgan fingerprint density at radius 2 is 2.22 bits per heavy atom. The van der Waals surface area contributed by atoms with E-state index in [2.05, 4.69) is 15.3 Å². The third-order valence-corrected chi connectivity index (χ3v) is 4.26. The number of aromatic amines is 1. The zero-order chi connectivity index (χ0) is 16.3. The minimum absolute atomic E-state index is 0.0969. The van der Waals surface area contributed by atoms with Crippen LogP contribution >= 0.6 is 0 Å². The first-order valence-corrected chi connectivity index (χ1v) is 7.99. The van der Waals surface area contributed by atoms with Crippen molar-refractivity contribution in [3.8, 4) is 0 Å². The van der Waals surface area contributed by atoms with Crippen LogP contribution in [-0.4, -0.2) is 34.6 Å². The zero-order valence-electron chi connectivity index (χ0n) is 13.2. The van der Waals surface area contributed by atoms with Crippen LogP contribution in [0.15, 0.2) is 29.1 Å². The van der Waals surface area contributed by atoms with Gasteiger partial charge in [0.25, 0.3) is 11.5 Å². The Hall–Kier alpha value is -2.21. The summed E-state index contributed by atoms with van der Waals surface area (Å²) in [6, 6.07) is 7.21. The Morgan fingerprint density at radius 3 is 3.00 bits per heavy atom. The van der Waals surface area contributed by atoms with Gasteiger partial charge >= 0.3 is 0 Å². The molecule has 6 nitrogen and oxygen atoms in total. The van der Waals surface area contributed by atoms with E-state index in [0.717, 1.165) is 19.3 Å². The summed E-state index contributed by atoms with van der Waals surface area (Å²) in [5.74, 6) is 0.476. The van der Waals surface area contributed by atoms with Gasteiger partial charge in [0.05, 0.1) is 10.9 Å². The molecule has 2 heterocycles. The monoisotopic (exact) mass is 315 g/mol. The van der Waals surface area contributed by atoms with Crippen LogP contribution in [0.1, 0.15) is 32.0 Å². The molecule has 1 saturated heterocycles. The van der Waals surface area contributed by atoms with Gasteiger partial charge in [-0.3, -0.25) is 9.59 Å². The Morgan fingerprint density at radius 1 is 1.39 bits per heavy atom. The number of H-pyrrole nitrogens is 1. The molecular formula is C17H21N3O3. The van der Waals surface area contributed by atoms with Crippen molar-refractivity contribution in [2.24, 2.45) is 0 Å². The second-order valence-corrected chi connectivity index (χ2v) is 6.07. The summed E-state index contributed by atoms with van der Waals surface area (Å²) in [5.41, 5.74) is -0.220. The lowest BCUT2D eigenvalue weighted by Crippen LogP contribution is -2.48. The highest BCUT2D eigenvalue weighted by atomic mass is 16.5. The van der Waals surface area contributed by atoms with Gasteiger partial charge in [0, 0.05) is 19.6 Å². The van der Waals surface area contributed by atoms with Crippen LogP contribution in [0.2, 0.25) is 0 Å². The van der Waals surface area contributed by atoms with Crippen molar-refractivity contribution in [1.82, 2.24) is 15.3 Å². The summed E-state index contributed by atoms with van der Waals surface area (Å²) in [6.07, 6.45) is 3.22. The first-order chi connectivity index (χ1) is 11.1. The molecule has 23 heavy (non-hydrogen) atoms. The average Bonchev–Trinajstić information content (AvgIpc) is 2.55. The van der Waals surface area contributed by atoms with Crippen LogP contribution in [0, 0.1) is 0 Å². The number of rotatable bonds is 4. The standard InChI is InChI=1S/C17H21N3O3/c1-17(9-4-5-11-23-17)16(22)18-10-8-14-19-13-7-3-2-6-12(13)15(21)20-14/h2-3,6-7H,4-5,8-11H2,1H3,(H,18,22)(H,19,20,21)/t17-/m1/s1. The van der Waals surface area contributed by atoms with Gasteiger partial charge < -0.3 is 15.0 Å². The van der Waals surface area contributed by atoms with Crippen LogP contribution in [-0.2, 0) is 16.0 Å². The first-order valence-electron chi connectivity index (χ1n) is 7.99. The minimum atomic E-state index is -0.734. The van der Waals surface area contributed by atoms with E-state index in [4.69, 9.17) is 4.74 Å². The molecule has 1 aromatic heterocycles. The number of nitrogens with one attached hydrogen (secondary N) is 2. The highest BCUT2D eigenvalue weighted by Crippen LogP contribution is 2.24. The molecule has 0 unspecified atom stereocenters. The number of nitrogens with zero attached hydrogens (tertiary/aromatic N) is 1. The molecule has 122 valence electrons. The largest absolute Gasteiger partial charge is 0.365 e. The number of ether oxygens (including phenoxy) is 1. The van der Waals surface area contributed by atoms with Gasteiger partial charge in [0.1, 0.15) is 11.4 Å². The van der Waals surface area contributed by atoms with Crippen molar-refractivity contribution in [3.05, 3.63) is 40.4 Å². The quantitative estimate of drug-likeness (QED) is 0.896. The molecular weight excluding hydrogens is 294 g/mol. The molecule has 3 rings (SSSR count). The van der Waals surface area contributed by atoms with Gasteiger partial charge in [-0.25, -0.2) is 4.98 Å². The lowest BCUT2D eigenvalue weighted by molar-refractivity contribution is -0.150. The normalized spacial score (nSPS) is 21.3. The maximum Gasteiger partial charge on any atom is 0.258 e. The summed E-state index contributed by atoms with van der Waals surface area (Å²) in [6.45, 7) is 2.88. The Balaban J connectivity index is 1.62. The highest BCUT2D eigenvalue weighted by Gasteiger charge is 2.35. The minimum Gasteiger partial charge on any atom is -0.365 e. The predicted octanol–water partition coefficient (Wildman–Crippen LogP) is 1.54. The van der Waals surface area contributed by atoms with E-state index >= 15 is 0 Å². The van der Waals surface area contributed by atoms with Crippen molar-refractivity contribution < 1.29 is 9.53 Å². The molecule has 0 aliphatic carbocycles. The van der Waals surface area contributed by atoms with Crippen LogP contribution in [0.3, 0.4) is 0 Å². The summed E-state index contributed by atoms with van der Waals surface area (Å²) in [7, 11) is 0. The smallest absolute Gasteiger partial charge is 0.258 e. The van der Waals surface area contributed by atoms with E-state index in [1.54, 1.807) is 6.07 Å². The molecule has 1 aliphatic heterocycles. The molecule has 0 spiro atoms. The maximum atomic E-state index is 12.3. The summed E-state index contributed by atoms with van der Waals surface area (Å²) in [5, 5.41) is 3.46. The van der Waals surface area contributed by atoms with Gasteiger partial charge in [0.15, 0.2) is 0 Å². The van der Waals surface area contributed by atoms with Crippen LogP contribution in [0.5, 0.6) is 0 Å². The van der Waals surface area contributed by atoms with Crippen molar-refractivity contribution in [1.29, 1.82) is 0 Å². The van der Waals surface area contributed by atoms with Crippen molar-refractivity contribution >= 4 is 16.8 Å². The number of carbonyl (C=O) groups excluding carboxylic acids is 1. The van der Waals surface area contributed by atoms with Crippen molar-refractivity contribution in [2.45, 2.75) is 38.2 Å². The molecule has 2 N–H and O–H groups in total. The first kappa shape index (κ1) is 15.7. The molecule has 1 fully saturated rings. The highest BCUT2D eigenvalue weighted by molar-refractivity contribution is 5.84. The number of amides is 1. The zero-order valence-corrected chi connectivity index (χ0v) is 13.2. The average molecular weight is 315 g/mol. The summed E-state index contributed by atoms with van der Waals surface area (Å²) < 4.78 is 5.62. The maximum absolute atomic E-state index is 12.3. The third kappa shape index (κ3) is 3.42.